The van der Waals surface area contributed by atoms with Crippen LogP contribution in [0.3, 0.4) is 0 Å². The fourth-order valence-corrected chi connectivity index (χ4v) is 4.37. The lowest BCUT2D eigenvalue weighted by Gasteiger charge is -2.33. The van der Waals surface area contributed by atoms with Crippen molar-refractivity contribution in [2.45, 2.75) is 38.6 Å². The van der Waals surface area contributed by atoms with Crippen molar-refractivity contribution >= 4 is 11.6 Å². The van der Waals surface area contributed by atoms with Gasteiger partial charge in [0.05, 0.1) is 13.3 Å². The van der Waals surface area contributed by atoms with E-state index in [1.165, 1.54) is 0 Å². The molecule has 4 aromatic rings. The number of hydrogen-bond donors (Lipinski definition) is 0. The Bertz CT molecular complexity index is 1260. The maximum atomic E-state index is 13.4. The van der Waals surface area contributed by atoms with Crippen LogP contribution in [0.25, 0.3) is 5.65 Å². The highest BCUT2D eigenvalue weighted by Crippen LogP contribution is 2.32. The molecular formula is C25H26N4O3. The summed E-state index contributed by atoms with van der Waals surface area (Å²) in [7, 11) is 1.66. The number of amides is 1. The molecule has 0 bridgehead atoms. The highest BCUT2D eigenvalue weighted by molar-refractivity contribution is 5.93. The molecule has 1 aliphatic rings. The van der Waals surface area contributed by atoms with Crippen LogP contribution in [-0.4, -0.2) is 38.8 Å². The molecule has 0 radical (unpaired) electrons. The number of methoxy groups -OCH3 is 1. The van der Waals surface area contributed by atoms with Gasteiger partial charge in [0.15, 0.2) is 0 Å². The second kappa shape index (κ2) is 8.49. The highest BCUT2D eigenvalue weighted by atomic mass is 16.5. The van der Waals surface area contributed by atoms with Crippen LogP contribution < -0.4 is 4.74 Å². The predicted molar refractivity (Wildman–Crippen MR) is 120 cm³/mol. The summed E-state index contributed by atoms with van der Waals surface area (Å²) in [5.41, 5.74) is 3.36. The van der Waals surface area contributed by atoms with Crippen molar-refractivity contribution in [3.8, 4) is 5.75 Å². The zero-order valence-corrected chi connectivity index (χ0v) is 18.3. The van der Waals surface area contributed by atoms with Crippen molar-refractivity contribution < 1.29 is 13.9 Å². The Morgan fingerprint density at radius 2 is 2.09 bits per heavy atom. The van der Waals surface area contributed by atoms with Crippen molar-refractivity contribution in [2.75, 3.05) is 13.7 Å². The number of rotatable bonds is 5. The summed E-state index contributed by atoms with van der Waals surface area (Å²) in [6.07, 6.45) is 7.04. The number of aryl methyl sites for hydroxylation is 1. The Morgan fingerprint density at radius 1 is 1.22 bits per heavy atom. The van der Waals surface area contributed by atoms with Crippen molar-refractivity contribution in [2.24, 2.45) is 0 Å². The molecule has 0 spiro atoms. The lowest BCUT2D eigenvalue weighted by atomic mass is 10.0. The first-order valence-electron chi connectivity index (χ1n) is 11.0. The minimum absolute atomic E-state index is 0.0784. The van der Waals surface area contributed by atoms with Crippen molar-refractivity contribution in [3.05, 3.63) is 83.5 Å². The lowest BCUT2D eigenvalue weighted by Crippen LogP contribution is -2.38. The third-order valence-electron chi connectivity index (χ3n) is 6.05. The Hall–Kier alpha value is -3.61. The van der Waals surface area contributed by atoms with Gasteiger partial charge in [-0.05, 0) is 56.0 Å². The summed E-state index contributed by atoms with van der Waals surface area (Å²) < 4.78 is 13.4. The van der Waals surface area contributed by atoms with Crippen molar-refractivity contribution in [1.82, 2.24) is 19.3 Å². The summed E-state index contributed by atoms with van der Waals surface area (Å²) in [5.74, 6) is 2.10. The largest absolute Gasteiger partial charge is 0.497 e. The van der Waals surface area contributed by atoms with Gasteiger partial charge in [0, 0.05) is 24.9 Å². The van der Waals surface area contributed by atoms with Crippen LogP contribution in [0, 0.1) is 6.92 Å². The lowest BCUT2D eigenvalue weighted by molar-refractivity contribution is 0.0564. The maximum Gasteiger partial charge on any atom is 0.274 e. The summed E-state index contributed by atoms with van der Waals surface area (Å²) in [6.45, 7) is 2.67. The fourth-order valence-electron chi connectivity index (χ4n) is 4.37. The van der Waals surface area contributed by atoms with Crippen molar-refractivity contribution in [1.29, 1.82) is 0 Å². The molecule has 1 saturated heterocycles. The number of ether oxygens (including phenoxy) is 1. The number of nitrogens with zero attached hydrogens (tertiary/aromatic N) is 4. The van der Waals surface area contributed by atoms with Gasteiger partial charge in [0.2, 0.25) is 5.89 Å². The van der Waals surface area contributed by atoms with E-state index in [1.54, 1.807) is 13.3 Å². The van der Waals surface area contributed by atoms with Crippen LogP contribution in [-0.2, 0) is 6.42 Å². The number of piperidine rings is 1. The van der Waals surface area contributed by atoms with Crippen molar-refractivity contribution in [3.63, 3.8) is 0 Å². The van der Waals surface area contributed by atoms with Gasteiger partial charge in [-0.25, -0.2) is 9.97 Å². The minimum Gasteiger partial charge on any atom is -0.497 e. The molecule has 0 unspecified atom stereocenters. The average Bonchev–Trinajstić information content (AvgIpc) is 3.47. The normalized spacial score (nSPS) is 16.4. The van der Waals surface area contributed by atoms with E-state index in [-0.39, 0.29) is 11.9 Å². The van der Waals surface area contributed by atoms with Crippen LogP contribution in [0.2, 0.25) is 0 Å². The molecule has 164 valence electrons. The number of pyridine rings is 1. The van der Waals surface area contributed by atoms with Crippen LogP contribution in [0.5, 0.6) is 5.75 Å². The second-order valence-electron chi connectivity index (χ2n) is 8.22. The van der Waals surface area contributed by atoms with E-state index in [4.69, 9.17) is 9.15 Å². The number of carbonyl (C=O) groups is 1. The predicted octanol–water partition coefficient (Wildman–Crippen LogP) is 4.60. The molecule has 7 heteroatoms. The number of fused-ring (bicyclic) bond motifs is 1. The second-order valence-corrected chi connectivity index (χ2v) is 8.22. The van der Waals surface area contributed by atoms with Gasteiger partial charge in [-0.2, -0.15) is 0 Å². The molecular weight excluding hydrogens is 404 g/mol. The van der Waals surface area contributed by atoms with Gasteiger partial charge >= 0.3 is 0 Å². The molecule has 0 aliphatic carbocycles. The molecule has 1 aliphatic heterocycles. The SMILES string of the molecule is COc1cccc(Cc2cnc([C@H]3CCCCN3C(=O)c3cn4c(C)cccc4n3)o2)c1. The highest BCUT2D eigenvalue weighted by Gasteiger charge is 2.33. The third-order valence-corrected chi connectivity index (χ3v) is 6.05. The Morgan fingerprint density at radius 3 is 2.94 bits per heavy atom. The van der Waals surface area contributed by atoms with E-state index >= 15 is 0 Å². The summed E-state index contributed by atoms with van der Waals surface area (Å²) in [5, 5.41) is 0. The van der Waals surface area contributed by atoms with Crippen LogP contribution in [0.1, 0.15) is 58.7 Å². The Kier molecular flexibility index (Phi) is 5.39. The van der Waals surface area contributed by atoms with Gasteiger partial charge in [0.1, 0.15) is 28.9 Å². The number of carbonyl (C=O) groups excluding carboxylic acids is 1. The third kappa shape index (κ3) is 3.86. The Labute approximate surface area is 186 Å². The van der Waals surface area contributed by atoms with E-state index in [0.717, 1.165) is 47.7 Å². The Balaban J connectivity index is 1.38. The number of imidazole rings is 1. The zero-order valence-electron chi connectivity index (χ0n) is 18.3. The first kappa shape index (κ1) is 20.3. The number of benzene rings is 1. The van der Waals surface area contributed by atoms with E-state index < -0.39 is 0 Å². The van der Waals surface area contributed by atoms with Gasteiger partial charge in [-0.1, -0.05) is 18.2 Å². The molecule has 3 aromatic heterocycles. The molecule has 7 nitrogen and oxygen atoms in total. The van der Waals surface area contributed by atoms with E-state index in [0.29, 0.717) is 24.6 Å². The number of aromatic nitrogens is 3. The van der Waals surface area contributed by atoms with Gasteiger partial charge in [0.25, 0.3) is 5.91 Å². The van der Waals surface area contributed by atoms with E-state index in [1.807, 2.05) is 64.9 Å². The molecule has 0 saturated carbocycles. The molecule has 1 fully saturated rings. The fraction of sp³-hybridized carbons (Fsp3) is 0.320. The smallest absolute Gasteiger partial charge is 0.274 e. The number of hydrogen-bond acceptors (Lipinski definition) is 5. The van der Waals surface area contributed by atoms with Gasteiger partial charge in [-0.3, -0.25) is 4.79 Å². The topological polar surface area (TPSA) is 72.9 Å². The molecule has 1 atom stereocenters. The van der Waals surface area contributed by atoms with Gasteiger partial charge in [-0.15, -0.1) is 0 Å². The van der Waals surface area contributed by atoms with Crippen LogP contribution in [0.4, 0.5) is 0 Å². The quantitative estimate of drug-likeness (QED) is 0.463. The molecule has 0 N–H and O–H groups in total. The zero-order chi connectivity index (χ0) is 22.1. The molecule has 1 aromatic carbocycles. The van der Waals surface area contributed by atoms with E-state index in [9.17, 15) is 4.79 Å². The summed E-state index contributed by atoms with van der Waals surface area (Å²) >= 11 is 0. The first-order chi connectivity index (χ1) is 15.6. The molecule has 5 rings (SSSR count). The minimum atomic E-state index is -0.179. The summed E-state index contributed by atoms with van der Waals surface area (Å²) in [4.78, 5) is 24.4. The number of oxazole rings is 1. The van der Waals surface area contributed by atoms with Crippen LogP contribution in [0.15, 0.2) is 59.3 Å². The monoisotopic (exact) mass is 430 g/mol. The molecule has 4 heterocycles. The first-order valence-corrected chi connectivity index (χ1v) is 11.0. The maximum absolute atomic E-state index is 13.4. The molecule has 1 amide bonds. The van der Waals surface area contributed by atoms with E-state index in [2.05, 4.69) is 9.97 Å². The average molecular weight is 431 g/mol. The number of likely N-dealkylation sites (tertiary alicyclic amines) is 1. The standard InChI is InChI=1S/C25H26N4O3/c1-17-7-5-11-23-27-21(16-29(17)23)25(30)28-12-4-3-10-22(28)24-26-15-20(32-24)14-18-8-6-9-19(13-18)31-2/h5-9,11,13,15-16,22H,3-4,10,12,14H2,1-2H3/t22-/m1/s1. The van der Waals surface area contributed by atoms with Crippen LogP contribution >= 0.6 is 0 Å². The van der Waals surface area contributed by atoms with Gasteiger partial charge < -0.3 is 18.5 Å². The molecule has 32 heavy (non-hydrogen) atoms. The summed E-state index contributed by atoms with van der Waals surface area (Å²) in [6, 6.07) is 13.6.